The minimum absolute atomic E-state index is 0.0571. The maximum atomic E-state index is 12.8. The van der Waals surface area contributed by atoms with Gasteiger partial charge in [0.15, 0.2) is 0 Å². The zero-order valence-corrected chi connectivity index (χ0v) is 13.9. The fraction of sp³-hybridized carbons (Fsp3) is 0.444. The van der Waals surface area contributed by atoms with Crippen LogP contribution in [0, 0.1) is 18.3 Å². The van der Waals surface area contributed by atoms with E-state index in [1.165, 1.54) is 19.3 Å². The van der Waals surface area contributed by atoms with Crippen molar-refractivity contribution in [2.24, 2.45) is 5.92 Å². The van der Waals surface area contributed by atoms with E-state index in [0.29, 0.717) is 13.0 Å². The Morgan fingerprint density at radius 2 is 2.00 bits per heavy atom. The van der Waals surface area contributed by atoms with Crippen LogP contribution in [0.4, 0.5) is 0 Å². The number of hydrogen-bond donors (Lipinski definition) is 0. The molecule has 1 saturated heterocycles. The van der Waals surface area contributed by atoms with E-state index in [0.717, 1.165) is 5.56 Å². The number of carbonyl (C=O) groups is 2. The second kappa shape index (κ2) is 7.95. The smallest absolute Gasteiger partial charge is 0.340 e. The van der Waals surface area contributed by atoms with Crippen molar-refractivity contribution in [1.29, 1.82) is 0 Å². The molecular weight excluding hydrogens is 310 g/mol. The fourth-order valence-corrected chi connectivity index (χ4v) is 2.97. The van der Waals surface area contributed by atoms with E-state index in [1.54, 1.807) is 0 Å². The summed E-state index contributed by atoms with van der Waals surface area (Å²) < 4.78 is 10.2. The van der Waals surface area contributed by atoms with Gasteiger partial charge < -0.3 is 14.3 Å². The summed E-state index contributed by atoms with van der Waals surface area (Å²) in [5, 5.41) is 1.31. The quantitative estimate of drug-likeness (QED) is 0.448. The van der Waals surface area contributed by atoms with Crippen LogP contribution in [0.5, 0.6) is 0 Å². The van der Waals surface area contributed by atoms with Crippen LogP contribution in [0.25, 0.3) is 0 Å². The maximum absolute atomic E-state index is 12.8. The van der Waals surface area contributed by atoms with Crippen molar-refractivity contribution in [3.05, 3.63) is 35.9 Å². The molecule has 2 rings (SSSR count). The van der Waals surface area contributed by atoms with Crippen LogP contribution in [0.2, 0.25) is 0 Å². The van der Waals surface area contributed by atoms with E-state index in [9.17, 15) is 9.59 Å². The third-order valence-corrected chi connectivity index (χ3v) is 4.13. The van der Waals surface area contributed by atoms with Crippen molar-refractivity contribution in [2.45, 2.75) is 25.0 Å². The van der Waals surface area contributed by atoms with Crippen molar-refractivity contribution in [1.82, 2.24) is 5.06 Å². The van der Waals surface area contributed by atoms with Gasteiger partial charge >= 0.3 is 11.9 Å². The van der Waals surface area contributed by atoms with E-state index in [2.05, 4.69) is 5.92 Å². The molecule has 1 heterocycles. The summed E-state index contributed by atoms with van der Waals surface area (Å²) in [6.45, 7) is 0.423. The highest BCUT2D eigenvalue weighted by Gasteiger charge is 2.60. The van der Waals surface area contributed by atoms with Gasteiger partial charge in [0.25, 0.3) is 0 Å². The molecule has 1 aliphatic rings. The Hall–Kier alpha value is -2.36. The molecule has 0 spiro atoms. The molecule has 0 N–H and O–H groups in total. The molecule has 1 aromatic carbocycles. The molecule has 0 amide bonds. The summed E-state index contributed by atoms with van der Waals surface area (Å²) in [5.74, 6) is 1.10. The molecule has 1 unspecified atom stereocenters. The van der Waals surface area contributed by atoms with E-state index >= 15 is 0 Å². The highest BCUT2D eigenvalue weighted by Crippen LogP contribution is 2.37. The van der Waals surface area contributed by atoms with Crippen LogP contribution >= 0.6 is 0 Å². The standard InChI is InChI=1S/C18H21NO5/c1-4-8-15-11-18(16(20)22-2,19(12-15)23-3)17(21)24-13-14-9-6-5-7-10-14/h1,5-7,9-10,15H,8,11-13H2,2-3H3/t15?,18-/m0/s1. The molecule has 1 aliphatic heterocycles. The van der Waals surface area contributed by atoms with Gasteiger partial charge in [-0.05, 0) is 17.9 Å². The topological polar surface area (TPSA) is 65.1 Å². The zero-order chi connectivity index (χ0) is 17.6. The Labute approximate surface area is 141 Å². The van der Waals surface area contributed by atoms with Gasteiger partial charge in [-0.1, -0.05) is 30.3 Å². The van der Waals surface area contributed by atoms with Crippen molar-refractivity contribution in [2.75, 3.05) is 20.8 Å². The second-order valence-corrected chi connectivity index (χ2v) is 5.64. The highest BCUT2D eigenvalue weighted by molar-refractivity contribution is 6.05. The Bertz CT molecular complexity index is 624. The largest absolute Gasteiger partial charge is 0.467 e. The first-order valence-electron chi connectivity index (χ1n) is 7.63. The minimum atomic E-state index is -1.63. The van der Waals surface area contributed by atoms with Crippen LogP contribution in [0.3, 0.4) is 0 Å². The molecule has 2 atom stereocenters. The SMILES string of the molecule is C#CCC1CN(OC)[C@@](C(=O)OC)(C(=O)OCc2ccccc2)C1. The summed E-state index contributed by atoms with van der Waals surface area (Å²) in [5.41, 5.74) is -0.798. The summed E-state index contributed by atoms with van der Waals surface area (Å²) in [6, 6.07) is 9.23. The molecule has 1 aromatic rings. The molecule has 6 nitrogen and oxygen atoms in total. The average molecular weight is 331 g/mol. The first-order chi connectivity index (χ1) is 11.6. The lowest BCUT2D eigenvalue weighted by Gasteiger charge is -2.31. The van der Waals surface area contributed by atoms with Crippen LogP contribution in [-0.4, -0.2) is 43.3 Å². The number of hydrogen-bond acceptors (Lipinski definition) is 6. The Kier molecular flexibility index (Phi) is 5.96. The first-order valence-corrected chi connectivity index (χ1v) is 7.63. The van der Waals surface area contributed by atoms with Gasteiger partial charge in [0.1, 0.15) is 6.61 Å². The van der Waals surface area contributed by atoms with Crippen LogP contribution in [0.1, 0.15) is 18.4 Å². The molecule has 0 aliphatic carbocycles. The van der Waals surface area contributed by atoms with Crippen LogP contribution < -0.4 is 0 Å². The van der Waals surface area contributed by atoms with Gasteiger partial charge in [0.2, 0.25) is 5.54 Å². The normalized spacial score (nSPS) is 23.5. The minimum Gasteiger partial charge on any atom is -0.467 e. The van der Waals surface area contributed by atoms with Crippen LogP contribution in [-0.2, 0) is 30.5 Å². The summed E-state index contributed by atoms with van der Waals surface area (Å²) in [4.78, 5) is 30.4. The zero-order valence-electron chi connectivity index (χ0n) is 13.9. The van der Waals surface area contributed by atoms with E-state index in [1.807, 2.05) is 30.3 Å². The molecule has 24 heavy (non-hydrogen) atoms. The Morgan fingerprint density at radius 1 is 1.29 bits per heavy atom. The number of nitrogens with zero attached hydrogens (tertiary/aromatic N) is 1. The Balaban J connectivity index is 2.22. The lowest BCUT2D eigenvalue weighted by molar-refractivity contribution is -0.214. The van der Waals surface area contributed by atoms with Crippen molar-refractivity contribution < 1.29 is 23.9 Å². The lowest BCUT2D eigenvalue weighted by Crippen LogP contribution is -2.57. The van der Waals surface area contributed by atoms with Gasteiger partial charge in [-0.2, -0.15) is 5.06 Å². The van der Waals surface area contributed by atoms with E-state index in [4.69, 9.17) is 20.7 Å². The third kappa shape index (κ3) is 3.42. The maximum Gasteiger partial charge on any atom is 0.340 e. The molecule has 0 radical (unpaired) electrons. The van der Waals surface area contributed by atoms with E-state index < -0.39 is 17.5 Å². The molecule has 0 bridgehead atoms. The number of ether oxygens (including phenoxy) is 2. The van der Waals surface area contributed by atoms with Crippen molar-refractivity contribution in [3.8, 4) is 12.3 Å². The monoisotopic (exact) mass is 331 g/mol. The molecule has 6 heteroatoms. The number of esters is 2. The van der Waals surface area contributed by atoms with Gasteiger partial charge in [0, 0.05) is 13.0 Å². The van der Waals surface area contributed by atoms with Crippen LogP contribution in [0.15, 0.2) is 30.3 Å². The molecule has 0 aromatic heterocycles. The van der Waals surface area contributed by atoms with Gasteiger partial charge in [-0.3, -0.25) is 0 Å². The van der Waals surface area contributed by atoms with Gasteiger partial charge in [-0.25, -0.2) is 9.59 Å². The molecule has 1 fully saturated rings. The molecule has 0 saturated carbocycles. The number of methoxy groups -OCH3 is 1. The van der Waals surface area contributed by atoms with Gasteiger partial charge in [-0.15, -0.1) is 12.3 Å². The predicted octanol–water partition coefficient (Wildman–Crippen LogP) is 1.55. The number of carbonyl (C=O) groups excluding carboxylic acids is 2. The first kappa shape index (κ1) is 18.0. The van der Waals surface area contributed by atoms with E-state index in [-0.39, 0.29) is 18.9 Å². The van der Waals surface area contributed by atoms with Gasteiger partial charge in [0.05, 0.1) is 14.2 Å². The number of terminal acetylenes is 1. The number of benzene rings is 1. The number of rotatable bonds is 6. The highest BCUT2D eigenvalue weighted by atomic mass is 16.7. The Morgan fingerprint density at radius 3 is 2.58 bits per heavy atom. The second-order valence-electron chi connectivity index (χ2n) is 5.64. The third-order valence-electron chi connectivity index (χ3n) is 4.13. The molecule has 128 valence electrons. The summed E-state index contributed by atoms with van der Waals surface area (Å²) in [7, 11) is 2.64. The fourth-order valence-electron chi connectivity index (χ4n) is 2.97. The van der Waals surface area contributed by atoms with Crippen molar-refractivity contribution in [3.63, 3.8) is 0 Å². The number of hydroxylamine groups is 2. The predicted molar refractivity (Wildman–Crippen MR) is 86.3 cm³/mol. The average Bonchev–Trinajstić information content (AvgIpc) is 2.99. The summed E-state index contributed by atoms with van der Waals surface area (Å²) >= 11 is 0. The summed E-state index contributed by atoms with van der Waals surface area (Å²) in [6.07, 6.45) is 6.00. The lowest BCUT2D eigenvalue weighted by atomic mass is 9.91. The van der Waals surface area contributed by atoms with Crippen molar-refractivity contribution >= 4 is 11.9 Å². The molecular formula is C18H21NO5.